The monoisotopic (exact) mass is 260 g/mol. The summed E-state index contributed by atoms with van der Waals surface area (Å²) >= 11 is 0. The Morgan fingerprint density at radius 2 is 2.11 bits per heavy atom. The second-order valence-corrected chi connectivity index (χ2v) is 3.85. The van der Waals surface area contributed by atoms with Crippen molar-refractivity contribution < 1.29 is 9.53 Å². The van der Waals surface area contributed by atoms with E-state index in [1.165, 1.54) is 25.3 Å². The number of carbonyl (C=O) groups excluding carboxylic acids is 1. The highest BCUT2D eigenvalue weighted by molar-refractivity contribution is 5.99. The van der Waals surface area contributed by atoms with Crippen molar-refractivity contribution in [1.82, 2.24) is 4.98 Å². The number of nitrogen functional groups attached to an aromatic ring is 1. The quantitative estimate of drug-likeness (QED) is 0.724. The Balaban J connectivity index is 2.60. The number of anilines is 1. The molecule has 2 aromatic rings. The van der Waals surface area contributed by atoms with Crippen LogP contribution in [0.25, 0.3) is 11.3 Å². The first-order chi connectivity index (χ1) is 9.06. The van der Waals surface area contributed by atoms with Crippen molar-refractivity contribution in [1.29, 1.82) is 0 Å². The molecule has 1 heterocycles. The molecule has 0 radical (unpaired) electrons. The lowest BCUT2D eigenvalue weighted by Crippen LogP contribution is -2.11. The Morgan fingerprint density at radius 1 is 1.37 bits per heavy atom. The summed E-state index contributed by atoms with van der Waals surface area (Å²) in [6, 6.07) is 6.16. The predicted octanol–water partition coefficient (Wildman–Crippen LogP) is 1.77. The van der Waals surface area contributed by atoms with Crippen molar-refractivity contribution in [3.8, 4) is 17.0 Å². The number of rotatable bonds is 4. The number of nitrogens with two attached hydrogens (primary N) is 2. The molecule has 2 rings (SSSR count). The number of amides is 1. The lowest BCUT2D eigenvalue weighted by molar-refractivity contribution is 0.100. The molecule has 7 nitrogen and oxygen atoms in total. The van der Waals surface area contributed by atoms with Crippen LogP contribution in [0.2, 0.25) is 0 Å². The van der Waals surface area contributed by atoms with Crippen LogP contribution in [0.1, 0.15) is 10.4 Å². The zero-order valence-electron chi connectivity index (χ0n) is 10.1. The molecule has 5 N–H and O–H groups in total. The Labute approximate surface area is 108 Å². The van der Waals surface area contributed by atoms with Crippen molar-refractivity contribution in [2.75, 3.05) is 12.8 Å². The summed E-state index contributed by atoms with van der Waals surface area (Å²) in [5.41, 5.74) is 12.4. The highest BCUT2D eigenvalue weighted by atomic mass is 16.5. The molecule has 0 unspecified atom stereocenters. The lowest BCUT2D eigenvalue weighted by atomic mass is 10.1. The minimum Gasteiger partial charge on any atom is -0.496 e. The first-order valence-corrected chi connectivity index (χ1v) is 5.37. The van der Waals surface area contributed by atoms with Gasteiger partial charge in [-0.15, -0.1) is 4.91 Å². The van der Waals surface area contributed by atoms with E-state index in [2.05, 4.69) is 10.2 Å². The summed E-state index contributed by atoms with van der Waals surface area (Å²) in [5, 5.41) is 2.85. The van der Waals surface area contributed by atoms with E-state index >= 15 is 0 Å². The van der Waals surface area contributed by atoms with E-state index in [9.17, 15) is 9.70 Å². The maximum atomic E-state index is 11.2. The summed E-state index contributed by atoms with van der Waals surface area (Å²) < 4.78 is 5.19. The topological polar surface area (TPSA) is 124 Å². The predicted molar refractivity (Wildman–Crippen MR) is 71.2 cm³/mol. The number of hydrogen-bond acceptors (Lipinski definition) is 5. The number of benzene rings is 1. The molecule has 0 aliphatic carbocycles. The largest absolute Gasteiger partial charge is 0.496 e. The fourth-order valence-corrected chi connectivity index (χ4v) is 1.78. The van der Waals surface area contributed by atoms with Gasteiger partial charge in [-0.05, 0) is 29.4 Å². The standard InChI is InChI=1S/C12H12N4O3/c1-19-10-3-2-6(16-18)4-7(10)9-5-8(12(14)17)11(13)15-9/h2-5,15H,13H2,1H3,(H2,14,17). The van der Waals surface area contributed by atoms with Gasteiger partial charge in [0.15, 0.2) is 0 Å². The van der Waals surface area contributed by atoms with Gasteiger partial charge in [-0.1, -0.05) is 0 Å². The van der Waals surface area contributed by atoms with Crippen molar-refractivity contribution in [3.05, 3.63) is 34.7 Å². The van der Waals surface area contributed by atoms with Crippen LogP contribution < -0.4 is 16.2 Å². The van der Waals surface area contributed by atoms with E-state index in [4.69, 9.17) is 16.2 Å². The number of methoxy groups -OCH3 is 1. The van der Waals surface area contributed by atoms with Gasteiger partial charge in [0.2, 0.25) is 0 Å². The van der Waals surface area contributed by atoms with Gasteiger partial charge in [0.25, 0.3) is 5.91 Å². The number of nitroso groups, excluding NO2 is 1. The molecule has 0 atom stereocenters. The van der Waals surface area contributed by atoms with E-state index in [1.807, 2.05) is 0 Å². The summed E-state index contributed by atoms with van der Waals surface area (Å²) in [6.45, 7) is 0. The van der Waals surface area contributed by atoms with E-state index < -0.39 is 5.91 Å². The van der Waals surface area contributed by atoms with Crippen LogP contribution in [0.4, 0.5) is 11.5 Å². The molecule has 19 heavy (non-hydrogen) atoms. The van der Waals surface area contributed by atoms with Crippen LogP contribution in [0.5, 0.6) is 5.75 Å². The van der Waals surface area contributed by atoms with Gasteiger partial charge in [0.1, 0.15) is 17.3 Å². The number of nitrogens with one attached hydrogen (secondary N) is 1. The summed E-state index contributed by atoms with van der Waals surface area (Å²) in [6.07, 6.45) is 0. The maximum absolute atomic E-state index is 11.2. The Bertz CT molecular complexity index is 648. The minimum atomic E-state index is -0.636. The number of primary amides is 1. The van der Waals surface area contributed by atoms with Crippen molar-refractivity contribution in [2.45, 2.75) is 0 Å². The number of nitrogens with zero attached hydrogens (tertiary/aromatic N) is 1. The number of aromatic nitrogens is 1. The third-order valence-electron chi connectivity index (χ3n) is 2.69. The molecule has 0 spiro atoms. The number of hydrogen-bond donors (Lipinski definition) is 3. The van der Waals surface area contributed by atoms with Gasteiger partial charge in [0.05, 0.1) is 18.4 Å². The van der Waals surface area contributed by atoms with Gasteiger partial charge in [-0.2, -0.15) is 0 Å². The summed E-state index contributed by atoms with van der Waals surface area (Å²) in [7, 11) is 1.49. The molecule has 0 aliphatic rings. The molecule has 0 fully saturated rings. The summed E-state index contributed by atoms with van der Waals surface area (Å²) in [4.78, 5) is 24.6. The van der Waals surface area contributed by atoms with Crippen LogP contribution in [0.3, 0.4) is 0 Å². The van der Waals surface area contributed by atoms with Gasteiger partial charge in [-0.3, -0.25) is 4.79 Å². The molecule has 98 valence electrons. The van der Waals surface area contributed by atoms with E-state index in [-0.39, 0.29) is 17.1 Å². The van der Waals surface area contributed by atoms with Crippen LogP contribution in [0.15, 0.2) is 29.4 Å². The molecular weight excluding hydrogens is 248 g/mol. The molecule has 0 aliphatic heterocycles. The van der Waals surface area contributed by atoms with Crippen LogP contribution >= 0.6 is 0 Å². The molecule has 0 saturated carbocycles. The van der Waals surface area contributed by atoms with Crippen molar-refractivity contribution in [2.24, 2.45) is 10.9 Å². The third kappa shape index (κ3) is 2.25. The smallest absolute Gasteiger partial charge is 0.252 e. The first kappa shape index (κ1) is 12.6. The van der Waals surface area contributed by atoms with Gasteiger partial charge in [-0.25, -0.2) is 0 Å². The molecule has 7 heteroatoms. The number of H-pyrrole nitrogens is 1. The van der Waals surface area contributed by atoms with E-state index in [1.54, 1.807) is 6.07 Å². The zero-order chi connectivity index (χ0) is 14.0. The number of carbonyl (C=O) groups is 1. The second-order valence-electron chi connectivity index (χ2n) is 3.85. The molecule has 1 aromatic heterocycles. The van der Waals surface area contributed by atoms with Crippen molar-refractivity contribution in [3.63, 3.8) is 0 Å². The van der Waals surface area contributed by atoms with Crippen molar-refractivity contribution >= 4 is 17.4 Å². The lowest BCUT2D eigenvalue weighted by Gasteiger charge is -2.06. The zero-order valence-corrected chi connectivity index (χ0v) is 10.1. The van der Waals surface area contributed by atoms with E-state index in [0.717, 1.165) is 0 Å². The maximum Gasteiger partial charge on any atom is 0.252 e. The molecular formula is C12H12N4O3. The van der Waals surface area contributed by atoms with E-state index in [0.29, 0.717) is 17.0 Å². The van der Waals surface area contributed by atoms with Crippen LogP contribution in [-0.4, -0.2) is 18.0 Å². The fourth-order valence-electron chi connectivity index (χ4n) is 1.78. The normalized spacial score (nSPS) is 10.2. The third-order valence-corrected chi connectivity index (χ3v) is 2.69. The SMILES string of the molecule is COc1ccc(N=O)cc1-c1cc(C(N)=O)c(N)[nH]1. The van der Waals surface area contributed by atoms with Crippen LogP contribution in [-0.2, 0) is 0 Å². The highest BCUT2D eigenvalue weighted by Crippen LogP contribution is 2.34. The fraction of sp³-hybridized carbons (Fsp3) is 0.0833. The average molecular weight is 260 g/mol. The first-order valence-electron chi connectivity index (χ1n) is 5.37. The molecule has 1 aromatic carbocycles. The Kier molecular flexibility index (Phi) is 3.19. The Morgan fingerprint density at radius 3 is 2.63 bits per heavy atom. The molecule has 0 bridgehead atoms. The number of ether oxygens (including phenoxy) is 1. The molecule has 1 amide bonds. The Hall–Kier alpha value is -2.83. The van der Waals surface area contributed by atoms with Gasteiger partial charge in [0, 0.05) is 5.56 Å². The minimum absolute atomic E-state index is 0.161. The average Bonchev–Trinajstić information content (AvgIpc) is 2.80. The van der Waals surface area contributed by atoms with Crippen LogP contribution in [0, 0.1) is 4.91 Å². The molecule has 0 saturated heterocycles. The summed E-state index contributed by atoms with van der Waals surface area (Å²) in [5.74, 6) is 0.0438. The highest BCUT2D eigenvalue weighted by Gasteiger charge is 2.15. The van der Waals surface area contributed by atoms with Gasteiger partial charge >= 0.3 is 0 Å². The number of aromatic amines is 1. The second kappa shape index (κ2) is 4.81. The van der Waals surface area contributed by atoms with Gasteiger partial charge < -0.3 is 21.2 Å².